The summed E-state index contributed by atoms with van der Waals surface area (Å²) in [5.41, 5.74) is 1.92. The van der Waals surface area contributed by atoms with Crippen LogP contribution in [0.3, 0.4) is 0 Å². The number of benzene rings is 1. The van der Waals surface area contributed by atoms with E-state index in [0.29, 0.717) is 24.3 Å². The molecule has 8 heteroatoms. The Balaban J connectivity index is 0.00000338. The van der Waals surface area contributed by atoms with Gasteiger partial charge in [-0.25, -0.2) is 0 Å². The second-order valence-corrected chi connectivity index (χ2v) is 5.72. The fourth-order valence-electron chi connectivity index (χ4n) is 2.68. The standard InChI is InChI=1S/C18H25N5O2.ClH/c1-5-23(6-2)18(25)13-8-7-9-15(10-13)21-17(24)16(19-3)14-11-20-22(4)12-14;/h7-12,16,19H,5-6H2,1-4H3,(H,21,24);1H. The summed E-state index contributed by atoms with van der Waals surface area (Å²) in [6.07, 6.45) is 3.45. The van der Waals surface area contributed by atoms with Crippen molar-refractivity contribution < 1.29 is 9.59 Å². The van der Waals surface area contributed by atoms with E-state index in [0.717, 1.165) is 5.56 Å². The van der Waals surface area contributed by atoms with E-state index in [9.17, 15) is 9.59 Å². The van der Waals surface area contributed by atoms with E-state index in [2.05, 4.69) is 15.7 Å². The van der Waals surface area contributed by atoms with Crippen LogP contribution >= 0.6 is 12.4 Å². The highest BCUT2D eigenvalue weighted by molar-refractivity contribution is 5.98. The Kier molecular flexibility index (Phi) is 8.28. The zero-order chi connectivity index (χ0) is 18.4. The van der Waals surface area contributed by atoms with Crippen LogP contribution in [0.25, 0.3) is 0 Å². The molecule has 142 valence electrons. The fraction of sp³-hybridized carbons (Fsp3) is 0.389. The van der Waals surface area contributed by atoms with Gasteiger partial charge < -0.3 is 15.5 Å². The quantitative estimate of drug-likeness (QED) is 0.773. The van der Waals surface area contributed by atoms with Crippen LogP contribution in [0.2, 0.25) is 0 Å². The lowest BCUT2D eigenvalue weighted by Gasteiger charge is -2.19. The third kappa shape index (κ3) is 5.06. The van der Waals surface area contributed by atoms with Gasteiger partial charge in [0.2, 0.25) is 5.91 Å². The van der Waals surface area contributed by atoms with E-state index in [1.165, 1.54) is 0 Å². The molecule has 1 heterocycles. The van der Waals surface area contributed by atoms with E-state index in [1.54, 1.807) is 60.3 Å². The van der Waals surface area contributed by atoms with E-state index in [1.807, 2.05) is 13.8 Å². The number of carbonyl (C=O) groups is 2. The molecular weight excluding hydrogens is 354 g/mol. The molecule has 0 bridgehead atoms. The largest absolute Gasteiger partial charge is 0.339 e. The Labute approximate surface area is 160 Å². The Morgan fingerprint density at radius 3 is 2.50 bits per heavy atom. The second-order valence-electron chi connectivity index (χ2n) is 5.72. The third-order valence-electron chi connectivity index (χ3n) is 4.04. The van der Waals surface area contributed by atoms with Gasteiger partial charge >= 0.3 is 0 Å². The fourth-order valence-corrected chi connectivity index (χ4v) is 2.68. The molecule has 0 saturated heterocycles. The van der Waals surface area contributed by atoms with E-state index >= 15 is 0 Å². The summed E-state index contributed by atoms with van der Waals surface area (Å²) in [5.74, 6) is -0.249. The Bertz CT molecular complexity index is 743. The molecule has 26 heavy (non-hydrogen) atoms. The average molecular weight is 380 g/mol. The first kappa shape index (κ1) is 21.7. The van der Waals surface area contributed by atoms with Crippen molar-refractivity contribution in [3.05, 3.63) is 47.8 Å². The number of amides is 2. The summed E-state index contributed by atoms with van der Waals surface area (Å²) in [4.78, 5) is 26.8. The topological polar surface area (TPSA) is 79.3 Å². The average Bonchev–Trinajstić information content (AvgIpc) is 3.02. The lowest BCUT2D eigenvalue weighted by Crippen LogP contribution is -2.31. The number of carbonyl (C=O) groups excluding carboxylic acids is 2. The second kappa shape index (κ2) is 9.94. The molecule has 2 N–H and O–H groups in total. The summed E-state index contributed by atoms with van der Waals surface area (Å²) in [6, 6.07) is 6.48. The van der Waals surface area contributed by atoms with Crippen LogP contribution in [0.1, 0.15) is 35.8 Å². The summed E-state index contributed by atoms with van der Waals surface area (Å²) in [6.45, 7) is 5.18. The van der Waals surface area contributed by atoms with Gasteiger partial charge in [-0.3, -0.25) is 14.3 Å². The molecule has 0 aliphatic carbocycles. The van der Waals surface area contributed by atoms with Gasteiger partial charge in [-0.1, -0.05) is 6.07 Å². The van der Waals surface area contributed by atoms with Crippen LogP contribution in [0.5, 0.6) is 0 Å². The van der Waals surface area contributed by atoms with Gasteiger partial charge in [-0.2, -0.15) is 5.10 Å². The molecule has 0 spiro atoms. The van der Waals surface area contributed by atoms with Crippen molar-refractivity contribution in [1.29, 1.82) is 0 Å². The highest BCUT2D eigenvalue weighted by Crippen LogP contribution is 2.17. The number of nitrogens with one attached hydrogen (secondary N) is 2. The highest BCUT2D eigenvalue weighted by Gasteiger charge is 2.21. The van der Waals surface area contributed by atoms with Crippen LogP contribution in [0, 0.1) is 0 Å². The van der Waals surface area contributed by atoms with Crippen LogP contribution in [0.4, 0.5) is 5.69 Å². The molecule has 0 aliphatic heterocycles. The minimum atomic E-state index is -0.518. The van der Waals surface area contributed by atoms with Gasteiger partial charge in [-0.15, -0.1) is 12.4 Å². The molecule has 1 unspecified atom stereocenters. The molecule has 1 aromatic heterocycles. The lowest BCUT2D eigenvalue weighted by molar-refractivity contribution is -0.118. The van der Waals surface area contributed by atoms with Gasteiger partial charge in [0.25, 0.3) is 5.91 Å². The Morgan fingerprint density at radius 2 is 1.96 bits per heavy atom. The predicted octanol–water partition coefficient (Wildman–Crippen LogP) is 2.22. The van der Waals surface area contributed by atoms with E-state index in [4.69, 9.17) is 0 Å². The molecule has 2 aromatic rings. The van der Waals surface area contributed by atoms with Crippen LogP contribution in [0.15, 0.2) is 36.7 Å². The van der Waals surface area contributed by atoms with Crippen molar-refractivity contribution in [2.75, 3.05) is 25.5 Å². The zero-order valence-electron chi connectivity index (χ0n) is 15.5. The van der Waals surface area contributed by atoms with Crippen molar-refractivity contribution in [2.45, 2.75) is 19.9 Å². The predicted molar refractivity (Wildman–Crippen MR) is 105 cm³/mol. The van der Waals surface area contributed by atoms with Crippen molar-refractivity contribution in [2.24, 2.45) is 7.05 Å². The first-order chi connectivity index (χ1) is 12.0. The van der Waals surface area contributed by atoms with Crippen molar-refractivity contribution >= 4 is 29.9 Å². The summed E-state index contributed by atoms with van der Waals surface area (Å²) in [5, 5.41) is 9.94. The summed E-state index contributed by atoms with van der Waals surface area (Å²) < 4.78 is 1.65. The first-order valence-electron chi connectivity index (χ1n) is 8.36. The molecule has 0 fully saturated rings. The van der Waals surface area contributed by atoms with Gasteiger partial charge in [0.1, 0.15) is 6.04 Å². The normalized spacial score (nSPS) is 11.4. The number of anilines is 1. The van der Waals surface area contributed by atoms with Crippen LogP contribution in [-0.2, 0) is 11.8 Å². The number of hydrogen-bond donors (Lipinski definition) is 2. The van der Waals surface area contributed by atoms with Crippen molar-refractivity contribution in [1.82, 2.24) is 20.0 Å². The monoisotopic (exact) mass is 379 g/mol. The van der Waals surface area contributed by atoms with Crippen LogP contribution < -0.4 is 10.6 Å². The maximum absolute atomic E-state index is 12.6. The zero-order valence-corrected chi connectivity index (χ0v) is 16.3. The maximum Gasteiger partial charge on any atom is 0.253 e. The summed E-state index contributed by atoms with van der Waals surface area (Å²) in [7, 11) is 3.52. The molecule has 0 radical (unpaired) electrons. The molecule has 1 atom stereocenters. The molecule has 1 aromatic carbocycles. The first-order valence-corrected chi connectivity index (χ1v) is 8.36. The number of aryl methyl sites for hydroxylation is 1. The Morgan fingerprint density at radius 1 is 1.27 bits per heavy atom. The third-order valence-corrected chi connectivity index (χ3v) is 4.04. The van der Waals surface area contributed by atoms with E-state index in [-0.39, 0.29) is 24.2 Å². The van der Waals surface area contributed by atoms with Crippen molar-refractivity contribution in [3.8, 4) is 0 Å². The molecule has 0 saturated carbocycles. The van der Waals surface area contributed by atoms with Gasteiger partial charge in [-0.05, 0) is 39.1 Å². The number of rotatable bonds is 7. The lowest BCUT2D eigenvalue weighted by atomic mass is 10.1. The summed E-state index contributed by atoms with van der Waals surface area (Å²) >= 11 is 0. The number of nitrogens with zero attached hydrogens (tertiary/aromatic N) is 3. The molecule has 2 amide bonds. The van der Waals surface area contributed by atoms with Gasteiger partial charge in [0, 0.05) is 43.1 Å². The van der Waals surface area contributed by atoms with Gasteiger partial charge in [0.05, 0.1) is 6.20 Å². The SMILES string of the molecule is CCN(CC)C(=O)c1cccc(NC(=O)C(NC)c2cnn(C)c2)c1.Cl. The van der Waals surface area contributed by atoms with E-state index < -0.39 is 6.04 Å². The number of aromatic nitrogens is 2. The molecule has 0 aliphatic rings. The maximum atomic E-state index is 12.6. The minimum absolute atomic E-state index is 0. The molecule has 7 nitrogen and oxygen atoms in total. The van der Waals surface area contributed by atoms with Crippen LogP contribution in [-0.4, -0.2) is 46.6 Å². The molecular formula is C18H26ClN5O2. The number of hydrogen-bond acceptors (Lipinski definition) is 4. The number of likely N-dealkylation sites (N-methyl/N-ethyl adjacent to an activating group) is 1. The molecule has 2 rings (SSSR count). The highest BCUT2D eigenvalue weighted by atomic mass is 35.5. The Hall–Kier alpha value is -2.38. The van der Waals surface area contributed by atoms with Gasteiger partial charge in [0.15, 0.2) is 0 Å². The smallest absolute Gasteiger partial charge is 0.253 e. The van der Waals surface area contributed by atoms with Crippen molar-refractivity contribution in [3.63, 3.8) is 0 Å². The number of halogens is 1. The minimum Gasteiger partial charge on any atom is -0.339 e.